The quantitative estimate of drug-likeness (QED) is 0.845. The molecule has 92 valence electrons. The van der Waals surface area contributed by atoms with Gasteiger partial charge in [0.2, 0.25) is 0 Å². The van der Waals surface area contributed by atoms with Gasteiger partial charge in [-0.3, -0.25) is 0 Å². The van der Waals surface area contributed by atoms with E-state index in [9.17, 15) is 9.50 Å². The molecule has 0 aliphatic rings. The fourth-order valence-electron chi connectivity index (χ4n) is 2.24. The first-order chi connectivity index (χ1) is 7.82. The Morgan fingerprint density at radius 2 is 1.94 bits per heavy atom. The van der Waals surface area contributed by atoms with E-state index in [0.29, 0.717) is 5.39 Å². The number of aromatic nitrogens is 1. The van der Waals surface area contributed by atoms with Gasteiger partial charge in [-0.15, -0.1) is 0 Å². The van der Waals surface area contributed by atoms with Gasteiger partial charge in [0.1, 0.15) is 5.82 Å². The Kier molecular flexibility index (Phi) is 2.74. The van der Waals surface area contributed by atoms with Crippen molar-refractivity contribution >= 4 is 10.9 Å². The highest BCUT2D eigenvalue weighted by atomic mass is 19.1. The molecule has 0 bridgehead atoms. The zero-order valence-electron chi connectivity index (χ0n) is 10.7. The largest absolute Gasteiger partial charge is 0.384 e. The van der Waals surface area contributed by atoms with Crippen molar-refractivity contribution in [1.29, 1.82) is 0 Å². The second kappa shape index (κ2) is 3.84. The van der Waals surface area contributed by atoms with Crippen molar-refractivity contribution in [1.82, 2.24) is 4.57 Å². The van der Waals surface area contributed by atoms with E-state index in [2.05, 4.69) is 0 Å². The van der Waals surface area contributed by atoms with Crippen LogP contribution in [0.2, 0.25) is 0 Å². The van der Waals surface area contributed by atoms with E-state index >= 15 is 0 Å². The minimum Gasteiger partial charge on any atom is -0.384 e. The summed E-state index contributed by atoms with van der Waals surface area (Å²) in [5.41, 5.74) is 0.597. The Balaban J connectivity index is 2.85. The number of fused-ring (bicyclic) bond motifs is 1. The van der Waals surface area contributed by atoms with Crippen LogP contribution in [-0.2, 0) is 5.60 Å². The zero-order chi connectivity index (χ0) is 12.8. The van der Waals surface area contributed by atoms with Crippen LogP contribution in [0, 0.1) is 5.82 Å². The average Bonchev–Trinajstić information content (AvgIpc) is 2.57. The lowest BCUT2D eigenvalue weighted by atomic mass is 10.1. The van der Waals surface area contributed by atoms with Crippen molar-refractivity contribution in [3.8, 4) is 0 Å². The highest BCUT2D eigenvalue weighted by Gasteiger charge is 2.24. The van der Waals surface area contributed by atoms with Gasteiger partial charge in [0.25, 0.3) is 0 Å². The third kappa shape index (κ3) is 1.95. The summed E-state index contributed by atoms with van der Waals surface area (Å²) in [5.74, 6) is -0.243. The van der Waals surface area contributed by atoms with E-state index in [1.807, 2.05) is 24.5 Å². The van der Waals surface area contributed by atoms with E-state index in [-0.39, 0.29) is 11.9 Å². The van der Waals surface area contributed by atoms with Gasteiger partial charge in [0, 0.05) is 11.4 Å². The van der Waals surface area contributed by atoms with Gasteiger partial charge in [-0.25, -0.2) is 4.39 Å². The number of aliphatic hydroxyl groups is 1. The van der Waals surface area contributed by atoms with E-state index in [4.69, 9.17) is 0 Å². The molecule has 1 aromatic carbocycles. The van der Waals surface area contributed by atoms with Crippen LogP contribution < -0.4 is 0 Å². The molecule has 3 heteroatoms. The van der Waals surface area contributed by atoms with Crippen LogP contribution in [0.5, 0.6) is 0 Å². The molecule has 0 amide bonds. The van der Waals surface area contributed by atoms with Crippen molar-refractivity contribution in [3.05, 3.63) is 35.8 Å². The van der Waals surface area contributed by atoms with Crippen LogP contribution in [0.25, 0.3) is 10.9 Å². The smallest absolute Gasteiger partial charge is 0.132 e. The van der Waals surface area contributed by atoms with Crippen LogP contribution >= 0.6 is 0 Å². The zero-order valence-corrected chi connectivity index (χ0v) is 10.7. The minimum absolute atomic E-state index is 0.177. The standard InChI is InChI=1S/C14H18FNO/c1-9(2)16-12-7-5-6-11(15)10(12)8-13(16)14(3,4)17/h5-9,17H,1-4H3. The van der Waals surface area contributed by atoms with Crippen molar-refractivity contribution < 1.29 is 9.50 Å². The van der Waals surface area contributed by atoms with Gasteiger partial charge in [-0.1, -0.05) is 6.07 Å². The molecule has 0 unspecified atom stereocenters. The molecule has 0 spiro atoms. The summed E-state index contributed by atoms with van der Waals surface area (Å²) >= 11 is 0. The van der Waals surface area contributed by atoms with Crippen LogP contribution in [-0.4, -0.2) is 9.67 Å². The monoisotopic (exact) mass is 235 g/mol. The normalized spacial score (nSPS) is 12.6. The van der Waals surface area contributed by atoms with Gasteiger partial charge in [-0.05, 0) is 45.9 Å². The van der Waals surface area contributed by atoms with Crippen LogP contribution in [0.4, 0.5) is 4.39 Å². The highest BCUT2D eigenvalue weighted by molar-refractivity contribution is 5.82. The van der Waals surface area contributed by atoms with Crippen LogP contribution in [0.1, 0.15) is 39.4 Å². The molecule has 1 N–H and O–H groups in total. The van der Waals surface area contributed by atoms with E-state index in [1.54, 1.807) is 26.0 Å². The number of rotatable bonds is 2. The SMILES string of the molecule is CC(C)n1c(C(C)(C)O)cc2c(F)cccc21. The Morgan fingerprint density at radius 1 is 1.29 bits per heavy atom. The molecular formula is C14H18FNO. The predicted octanol–water partition coefficient (Wildman–Crippen LogP) is 3.59. The summed E-state index contributed by atoms with van der Waals surface area (Å²) in [5, 5.41) is 10.7. The average molecular weight is 235 g/mol. The van der Waals surface area contributed by atoms with Gasteiger partial charge < -0.3 is 9.67 Å². The molecule has 1 heterocycles. The molecular weight excluding hydrogens is 217 g/mol. The summed E-state index contributed by atoms with van der Waals surface area (Å²) in [6.07, 6.45) is 0. The van der Waals surface area contributed by atoms with Crippen molar-refractivity contribution in [2.24, 2.45) is 0 Å². The van der Waals surface area contributed by atoms with Crippen molar-refractivity contribution in [2.75, 3.05) is 0 Å². The Morgan fingerprint density at radius 3 is 2.47 bits per heavy atom. The Hall–Kier alpha value is -1.35. The lowest BCUT2D eigenvalue weighted by molar-refractivity contribution is 0.0691. The van der Waals surface area contributed by atoms with E-state index in [1.165, 1.54) is 6.07 Å². The van der Waals surface area contributed by atoms with Gasteiger partial charge in [0.15, 0.2) is 0 Å². The molecule has 0 aliphatic heterocycles. The van der Waals surface area contributed by atoms with Gasteiger partial charge >= 0.3 is 0 Å². The molecule has 0 fully saturated rings. The summed E-state index contributed by atoms with van der Waals surface area (Å²) in [6, 6.07) is 6.94. The van der Waals surface area contributed by atoms with Gasteiger partial charge in [0.05, 0.1) is 16.8 Å². The molecule has 0 saturated carbocycles. The van der Waals surface area contributed by atoms with Crippen molar-refractivity contribution in [3.63, 3.8) is 0 Å². The van der Waals surface area contributed by atoms with E-state index < -0.39 is 5.60 Å². The number of hydrogen-bond acceptors (Lipinski definition) is 1. The second-order valence-electron chi connectivity index (χ2n) is 5.22. The Bertz CT molecular complexity index is 549. The first-order valence-corrected chi connectivity index (χ1v) is 5.84. The van der Waals surface area contributed by atoms with Gasteiger partial charge in [-0.2, -0.15) is 0 Å². The predicted molar refractivity (Wildman–Crippen MR) is 67.5 cm³/mol. The molecule has 17 heavy (non-hydrogen) atoms. The molecule has 2 nitrogen and oxygen atoms in total. The summed E-state index contributed by atoms with van der Waals surface area (Å²) in [6.45, 7) is 7.50. The maximum absolute atomic E-state index is 13.7. The fraction of sp³-hybridized carbons (Fsp3) is 0.429. The molecule has 0 saturated heterocycles. The second-order valence-corrected chi connectivity index (χ2v) is 5.22. The summed E-state index contributed by atoms with van der Waals surface area (Å²) in [7, 11) is 0. The molecule has 0 radical (unpaired) electrons. The topological polar surface area (TPSA) is 25.2 Å². The first kappa shape index (κ1) is 12.1. The fourth-order valence-corrected chi connectivity index (χ4v) is 2.24. The summed E-state index contributed by atoms with van der Waals surface area (Å²) < 4.78 is 15.7. The molecule has 0 aliphatic carbocycles. The third-order valence-electron chi connectivity index (χ3n) is 2.97. The molecule has 1 aromatic heterocycles. The molecule has 2 rings (SSSR count). The third-order valence-corrected chi connectivity index (χ3v) is 2.97. The maximum Gasteiger partial charge on any atom is 0.132 e. The van der Waals surface area contributed by atoms with Crippen LogP contribution in [0.15, 0.2) is 24.3 Å². The lowest BCUT2D eigenvalue weighted by Gasteiger charge is -2.23. The molecule has 0 atom stereocenters. The van der Waals surface area contributed by atoms with Crippen LogP contribution in [0.3, 0.4) is 0 Å². The lowest BCUT2D eigenvalue weighted by Crippen LogP contribution is -2.21. The Labute approximate surface area is 101 Å². The number of hydrogen-bond donors (Lipinski definition) is 1. The first-order valence-electron chi connectivity index (χ1n) is 5.84. The van der Waals surface area contributed by atoms with E-state index in [0.717, 1.165) is 11.2 Å². The minimum atomic E-state index is -0.976. The summed E-state index contributed by atoms with van der Waals surface area (Å²) in [4.78, 5) is 0. The molecule has 2 aromatic rings. The highest BCUT2D eigenvalue weighted by Crippen LogP contribution is 2.32. The maximum atomic E-state index is 13.7. The van der Waals surface area contributed by atoms with Crippen molar-refractivity contribution in [2.45, 2.75) is 39.3 Å². The number of halogens is 1. The number of nitrogens with zero attached hydrogens (tertiary/aromatic N) is 1. The number of benzene rings is 1.